The van der Waals surface area contributed by atoms with Crippen molar-refractivity contribution < 1.29 is 4.74 Å². The minimum absolute atomic E-state index is 0.483. The molecule has 0 radical (unpaired) electrons. The zero-order valence-electron chi connectivity index (χ0n) is 11.6. The summed E-state index contributed by atoms with van der Waals surface area (Å²) in [7, 11) is 0. The molecule has 2 heteroatoms. The summed E-state index contributed by atoms with van der Waals surface area (Å²) < 4.78 is 5.57. The van der Waals surface area contributed by atoms with E-state index in [0.717, 1.165) is 19.4 Å². The smallest absolute Gasteiger partial charge is 0.0614 e. The molecule has 100 valence electrons. The molecule has 0 aliphatic heterocycles. The van der Waals surface area contributed by atoms with Crippen molar-refractivity contribution in [2.45, 2.75) is 58.1 Å². The van der Waals surface area contributed by atoms with Gasteiger partial charge < -0.3 is 10.1 Å². The lowest BCUT2D eigenvalue weighted by Crippen LogP contribution is -2.40. The summed E-state index contributed by atoms with van der Waals surface area (Å²) in [6.45, 7) is 5.14. The number of hydrogen-bond acceptors (Lipinski definition) is 2. The van der Waals surface area contributed by atoms with Crippen LogP contribution in [0, 0.1) is 0 Å². The van der Waals surface area contributed by atoms with Gasteiger partial charge in [-0.25, -0.2) is 0 Å². The van der Waals surface area contributed by atoms with Crippen molar-refractivity contribution in [1.82, 2.24) is 0 Å². The average Bonchev–Trinajstić information content (AvgIpc) is 2.35. The third kappa shape index (κ3) is 3.74. The first kappa shape index (κ1) is 13.4. The number of unbranched alkanes of at least 4 members (excludes halogenated alkanes) is 1. The maximum Gasteiger partial charge on any atom is 0.0614 e. The quantitative estimate of drug-likeness (QED) is 0.786. The van der Waals surface area contributed by atoms with E-state index in [1.807, 2.05) is 0 Å². The van der Waals surface area contributed by atoms with Crippen molar-refractivity contribution in [3.05, 3.63) is 29.8 Å². The Morgan fingerprint density at radius 3 is 2.50 bits per heavy atom. The van der Waals surface area contributed by atoms with E-state index in [-0.39, 0.29) is 0 Å². The van der Waals surface area contributed by atoms with Crippen LogP contribution >= 0.6 is 0 Å². The molecule has 0 atom stereocenters. The van der Waals surface area contributed by atoms with Crippen molar-refractivity contribution in [3.8, 4) is 0 Å². The van der Waals surface area contributed by atoms with Gasteiger partial charge in [0, 0.05) is 18.3 Å². The van der Waals surface area contributed by atoms with Gasteiger partial charge in [-0.1, -0.05) is 25.5 Å². The van der Waals surface area contributed by atoms with Crippen molar-refractivity contribution in [2.75, 3.05) is 11.9 Å². The predicted molar refractivity (Wildman–Crippen MR) is 77.1 cm³/mol. The molecule has 2 nitrogen and oxygen atoms in total. The standard InChI is InChI=1S/C16H25NO/c1-3-5-6-13-7-9-14(10-8-13)17-15-11-16(12-15)18-4-2/h7-10,15-17H,3-6,11-12H2,1-2H3. The Labute approximate surface area is 111 Å². The number of hydrogen-bond donors (Lipinski definition) is 1. The zero-order chi connectivity index (χ0) is 12.8. The monoisotopic (exact) mass is 247 g/mol. The molecule has 0 saturated heterocycles. The summed E-state index contributed by atoms with van der Waals surface area (Å²) in [5.41, 5.74) is 2.69. The molecule has 1 aromatic carbocycles. The average molecular weight is 247 g/mol. The van der Waals surface area contributed by atoms with Crippen LogP contribution in [-0.4, -0.2) is 18.8 Å². The molecule has 1 saturated carbocycles. The van der Waals surface area contributed by atoms with E-state index >= 15 is 0 Å². The lowest BCUT2D eigenvalue weighted by molar-refractivity contribution is 0.00299. The molecule has 18 heavy (non-hydrogen) atoms. The molecule has 1 aromatic rings. The van der Waals surface area contributed by atoms with Crippen LogP contribution in [-0.2, 0) is 11.2 Å². The van der Waals surface area contributed by atoms with Crippen LogP contribution in [0.1, 0.15) is 45.1 Å². The fraction of sp³-hybridized carbons (Fsp3) is 0.625. The van der Waals surface area contributed by atoms with Gasteiger partial charge in [-0.3, -0.25) is 0 Å². The van der Waals surface area contributed by atoms with Crippen LogP contribution < -0.4 is 5.32 Å². The Morgan fingerprint density at radius 2 is 1.89 bits per heavy atom. The van der Waals surface area contributed by atoms with E-state index in [1.54, 1.807) is 0 Å². The Morgan fingerprint density at radius 1 is 1.17 bits per heavy atom. The van der Waals surface area contributed by atoms with Gasteiger partial charge in [0.25, 0.3) is 0 Å². The highest BCUT2D eigenvalue weighted by atomic mass is 16.5. The van der Waals surface area contributed by atoms with Gasteiger partial charge >= 0.3 is 0 Å². The van der Waals surface area contributed by atoms with E-state index in [9.17, 15) is 0 Å². The van der Waals surface area contributed by atoms with Crippen molar-refractivity contribution >= 4 is 5.69 Å². The molecular formula is C16H25NO. The van der Waals surface area contributed by atoms with Crippen molar-refractivity contribution in [3.63, 3.8) is 0 Å². The van der Waals surface area contributed by atoms with E-state index in [1.165, 1.54) is 30.5 Å². The van der Waals surface area contributed by atoms with Crippen LogP contribution in [0.2, 0.25) is 0 Å². The summed E-state index contributed by atoms with van der Waals surface area (Å²) >= 11 is 0. The highest BCUT2D eigenvalue weighted by Gasteiger charge is 2.29. The fourth-order valence-electron chi connectivity index (χ4n) is 2.44. The van der Waals surface area contributed by atoms with Crippen LogP contribution in [0.15, 0.2) is 24.3 Å². The number of benzene rings is 1. The normalized spacial score (nSPS) is 22.6. The number of nitrogens with one attached hydrogen (secondary N) is 1. The third-order valence-electron chi connectivity index (χ3n) is 3.64. The second-order valence-electron chi connectivity index (χ2n) is 5.19. The summed E-state index contributed by atoms with van der Waals surface area (Å²) in [5.74, 6) is 0. The summed E-state index contributed by atoms with van der Waals surface area (Å²) in [6, 6.07) is 9.51. The highest BCUT2D eigenvalue weighted by molar-refractivity contribution is 5.46. The molecule has 1 aliphatic carbocycles. The lowest BCUT2D eigenvalue weighted by atomic mass is 9.89. The molecule has 0 spiro atoms. The molecule has 0 unspecified atom stereocenters. The minimum atomic E-state index is 0.483. The summed E-state index contributed by atoms with van der Waals surface area (Å²) in [4.78, 5) is 0. The SMILES string of the molecule is CCCCc1ccc(NC2CC(OCC)C2)cc1. The van der Waals surface area contributed by atoms with Crippen LogP contribution in [0.3, 0.4) is 0 Å². The van der Waals surface area contributed by atoms with E-state index in [2.05, 4.69) is 43.4 Å². The Bertz CT molecular complexity index is 341. The zero-order valence-corrected chi connectivity index (χ0v) is 11.6. The van der Waals surface area contributed by atoms with Gasteiger partial charge in [0.1, 0.15) is 0 Å². The van der Waals surface area contributed by atoms with Gasteiger partial charge in [0.15, 0.2) is 0 Å². The number of aryl methyl sites for hydroxylation is 1. The summed E-state index contributed by atoms with van der Waals surface area (Å²) in [6.07, 6.45) is 6.52. The van der Waals surface area contributed by atoms with E-state index in [0.29, 0.717) is 12.1 Å². The van der Waals surface area contributed by atoms with Gasteiger partial charge in [0.05, 0.1) is 6.10 Å². The lowest BCUT2D eigenvalue weighted by Gasteiger charge is -2.36. The number of rotatable bonds is 7. The van der Waals surface area contributed by atoms with Crippen LogP contribution in [0.5, 0.6) is 0 Å². The molecule has 0 bridgehead atoms. The molecular weight excluding hydrogens is 222 g/mol. The van der Waals surface area contributed by atoms with Gasteiger partial charge in [-0.2, -0.15) is 0 Å². The van der Waals surface area contributed by atoms with Crippen LogP contribution in [0.4, 0.5) is 5.69 Å². The first-order chi connectivity index (χ1) is 8.81. The number of anilines is 1. The second-order valence-corrected chi connectivity index (χ2v) is 5.19. The molecule has 1 aliphatic rings. The third-order valence-corrected chi connectivity index (χ3v) is 3.64. The molecule has 1 fully saturated rings. The van der Waals surface area contributed by atoms with Gasteiger partial charge in [0.2, 0.25) is 0 Å². The second kappa shape index (κ2) is 6.79. The molecule has 0 aromatic heterocycles. The van der Waals surface area contributed by atoms with Crippen molar-refractivity contribution in [2.24, 2.45) is 0 Å². The molecule has 2 rings (SSSR count). The Kier molecular flexibility index (Phi) is 5.06. The predicted octanol–water partition coefficient (Wildman–Crippen LogP) is 4.01. The molecule has 0 heterocycles. The maximum atomic E-state index is 5.57. The summed E-state index contributed by atoms with van der Waals surface area (Å²) in [5, 5.41) is 3.57. The molecule has 0 amide bonds. The largest absolute Gasteiger partial charge is 0.382 e. The fourth-order valence-corrected chi connectivity index (χ4v) is 2.44. The minimum Gasteiger partial charge on any atom is -0.382 e. The van der Waals surface area contributed by atoms with Crippen molar-refractivity contribution in [1.29, 1.82) is 0 Å². The van der Waals surface area contributed by atoms with Crippen LogP contribution in [0.25, 0.3) is 0 Å². The Hall–Kier alpha value is -1.02. The highest BCUT2D eigenvalue weighted by Crippen LogP contribution is 2.26. The maximum absolute atomic E-state index is 5.57. The van der Waals surface area contributed by atoms with E-state index in [4.69, 9.17) is 4.74 Å². The Balaban J connectivity index is 1.74. The van der Waals surface area contributed by atoms with E-state index < -0.39 is 0 Å². The topological polar surface area (TPSA) is 21.3 Å². The number of ether oxygens (including phenoxy) is 1. The first-order valence-electron chi connectivity index (χ1n) is 7.29. The van der Waals surface area contributed by atoms with Gasteiger partial charge in [-0.15, -0.1) is 0 Å². The molecule has 1 N–H and O–H groups in total. The van der Waals surface area contributed by atoms with Gasteiger partial charge in [-0.05, 0) is 50.3 Å². The first-order valence-corrected chi connectivity index (χ1v) is 7.29.